The van der Waals surface area contributed by atoms with Gasteiger partial charge in [0.25, 0.3) is 0 Å². The minimum absolute atomic E-state index is 0.0141. The lowest BCUT2D eigenvalue weighted by atomic mass is 9.84. The number of halogens is 1. The number of ether oxygens (including phenoxy) is 2. The van der Waals surface area contributed by atoms with Crippen molar-refractivity contribution in [2.45, 2.75) is 61.6 Å². The highest BCUT2D eigenvalue weighted by Gasteiger charge is 2.40. The summed E-state index contributed by atoms with van der Waals surface area (Å²) in [6, 6.07) is 49.5. The van der Waals surface area contributed by atoms with Crippen LogP contribution in [0.1, 0.15) is 59.6 Å². The first kappa shape index (κ1) is 49.3. The molecule has 0 heterocycles. The van der Waals surface area contributed by atoms with E-state index in [0.29, 0.717) is 10.6 Å². The first-order chi connectivity index (χ1) is 33.0. The van der Waals surface area contributed by atoms with E-state index in [-0.39, 0.29) is 43.6 Å². The third-order valence-corrected chi connectivity index (χ3v) is 14.0. The van der Waals surface area contributed by atoms with E-state index in [2.05, 4.69) is 34.7 Å². The molecule has 10 nitrogen and oxygen atoms in total. The van der Waals surface area contributed by atoms with Crippen molar-refractivity contribution in [2.75, 3.05) is 19.0 Å². The number of hydrogen-bond donors (Lipinski definition) is 4. The molecule has 7 rings (SSSR count). The molecule has 6 aromatic carbocycles. The fraction of sp³-hybridized carbons (Fsp3) is 0.250. The predicted molar refractivity (Wildman–Crippen MR) is 269 cm³/mol. The van der Waals surface area contributed by atoms with Crippen molar-refractivity contribution in [3.05, 3.63) is 215 Å². The van der Waals surface area contributed by atoms with E-state index in [0.717, 1.165) is 38.9 Å². The smallest absolute Gasteiger partial charge is 0.407 e. The molecule has 68 heavy (non-hydrogen) atoms. The number of aliphatic hydroxyl groups excluding tert-OH is 1. The van der Waals surface area contributed by atoms with Crippen LogP contribution in [0, 0.1) is 5.92 Å². The van der Waals surface area contributed by atoms with Gasteiger partial charge in [0.2, 0.25) is 11.8 Å². The van der Waals surface area contributed by atoms with E-state index in [1.54, 1.807) is 24.3 Å². The highest BCUT2D eigenvalue weighted by atomic mass is 35.5. The molecule has 4 atom stereocenters. The van der Waals surface area contributed by atoms with Crippen LogP contribution in [0.25, 0.3) is 11.1 Å². The average molecular weight is 951 g/mol. The number of nitrogens with one attached hydrogen (secondary N) is 3. The molecule has 12 heteroatoms. The van der Waals surface area contributed by atoms with Crippen molar-refractivity contribution < 1.29 is 33.8 Å². The Bertz CT molecular complexity index is 2530. The van der Waals surface area contributed by atoms with Gasteiger partial charge in [0.05, 0.1) is 23.3 Å². The third kappa shape index (κ3) is 11.9. The Labute approximate surface area is 407 Å². The van der Waals surface area contributed by atoms with Crippen molar-refractivity contribution in [3.63, 3.8) is 0 Å². The van der Waals surface area contributed by atoms with Gasteiger partial charge in [0, 0.05) is 23.1 Å². The lowest BCUT2D eigenvalue weighted by Gasteiger charge is -2.37. The minimum atomic E-state index is -1.32. The molecule has 0 bridgehead atoms. The van der Waals surface area contributed by atoms with Gasteiger partial charge in [-0.3, -0.25) is 14.4 Å². The Morgan fingerprint density at radius 3 is 1.75 bits per heavy atom. The van der Waals surface area contributed by atoms with Crippen LogP contribution in [0.2, 0.25) is 5.02 Å². The van der Waals surface area contributed by atoms with Gasteiger partial charge < -0.3 is 30.5 Å². The molecule has 1 aliphatic carbocycles. The van der Waals surface area contributed by atoms with Crippen LogP contribution in [-0.2, 0) is 35.0 Å². The van der Waals surface area contributed by atoms with E-state index in [1.165, 1.54) is 17.8 Å². The van der Waals surface area contributed by atoms with Crippen LogP contribution >= 0.6 is 23.4 Å². The van der Waals surface area contributed by atoms with Crippen molar-refractivity contribution in [2.24, 2.45) is 5.92 Å². The van der Waals surface area contributed by atoms with Crippen molar-refractivity contribution in [1.29, 1.82) is 0 Å². The van der Waals surface area contributed by atoms with Gasteiger partial charge in [0.1, 0.15) is 25.3 Å². The van der Waals surface area contributed by atoms with E-state index < -0.39 is 52.9 Å². The predicted octanol–water partition coefficient (Wildman–Crippen LogP) is 9.62. The molecule has 0 fully saturated rings. The Morgan fingerprint density at radius 2 is 1.22 bits per heavy atom. The number of thioether (sulfide) groups is 1. The molecular weight excluding hydrogens is 894 g/mol. The van der Waals surface area contributed by atoms with Gasteiger partial charge in [-0.15, -0.1) is 11.8 Å². The number of carbonyl (C=O) groups excluding carboxylic acids is 4. The third-order valence-electron chi connectivity index (χ3n) is 12.1. The number of rotatable bonds is 21. The zero-order chi connectivity index (χ0) is 48.0. The summed E-state index contributed by atoms with van der Waals surface area (Å²) in [4.78, 5) is 56.3. The summed E-state index contributed by atoms with van der Waals surface area (Å²) in [7, 11) is 0. The number of hydrogen-bond acceptors (Lipinski definition) is 8. The maximum absolute atomic E-state index is 14.9. The first-order valence-corrected chi connectivity index (χ1v) is 24.1. The maximum Gasteiger partial charge on any atom is 0.407 e. The Kier molecular flexibility index (Phi) is 16.9. The van der Waals surface area contributed by atoms with E-state index in [9.17, 15) is 24.3 Å². The summed E-state index contributed by atoms with van der Waals surface area (Å²) < 4.78 is 10.2. The summed E-state index contributed by atoms with van der Waals surface area (Å²) in [5, 5.41) is 20.6. The van der Waals surface area contributed by atoms with Gasteiger partial charge >= 0.3 is 12.1 Å². The monoisotopic (exact) mass is 949 g/mol. The zero-order valence-electron chi connectivity index (χ0n) is 38.1. The van der Waals surface area contributed by atoms with Gasteiger partial charge in [-0.2, -0.15) is 0 Å². The van der Waals surface area contributed by atoms with E-state index in [1.807, 2.05) is 141 Å². The quantitative estimate of drug-likeness (QED) is 0.0318. The molecule has 0 saturated heterocycles. The van der Waals surface area contributed by atoms with Crippen LogP contribution in [0.4, 0.5) is 4.79 Å². The normalized spacial score (nSPS) is 13.8. The second-order valence-corrected chi connectivity index (χ2v) is 18.7. The fourth-order valence-electron chi connectivity index (χ4n) is 8.80. The number of alkyl carbamates (subject to hydrolysis) is 1. The van der Waals surface area contributed by atoms with E-state index in [4.69, 9.17) is 21.1 Å². The molecule has 0 radical (unpaired) electrons. The molecule has 6 aromatic rings. The van der Waals surface area contributed by atoms with Crippen molar-refractivity contribution in [3.8, 4) is 11.1 Å². The molecule has 1 aliphatic rings. The second-order valence-electron chi connectivity index (χ2n) is 17.0. The first-order valence-electron chi connectivity index (χ1n) is 22.7. The zero-order valence-corrected chi connectivity index (χ0v) is 39.6. The van der Waals surface area contributed by atoms with Crippen molar-refractivity contribution >= 4 is 47.2 Å². The minimum Gasteiger partial charge on any atom is -0.461 e. The fourth-order valence-corrected chi connectivity index (χ4v) is 10.6. The molecular formula is C56H56ClN3O7S. The van der Waals surface area contributed by atoms with Crippen LogP contribution in [0.15, 0.2) is 176 Å². The summed E-state index contributed by atoms with van der Waals surface area (Å²) in [6.07, 6.45) is -1.07. The molecule has 0 aromatic heterocycles. The molecule has 4 N–H and O–H groups in total. The number of aliphatic hydroxyl groups is 1. The lowest BCUT2D eigenvalue weighted by Crippen LogP contribution is -2.58. The topological polar surface area (TPSA) is 143 Å². The second kappa shape index (κ2) is 23.4. The van der Waals surface area contributed by atoms with Gasteiger partial charge in [-0.25, -0.2) is 4.79 Å². The Morgan fingerprint density at radius 1 is 0.691 bits per heavy atom. The summed E-state index contributed by atoms with van der Waals surface area (Å²) in [5.74, 6) is -2.45. The SMILES string of the molecule is C=CCOC(=O)CC(O)C(NC(=O)C(CSC(c1ccccc1)(c1ccccc1)c1ccccc1)NC(=O)C(Cc1cccc(Cl)c1)NC(=O)OCC1c2ccccc2-c2ccccc21)C(C)C. The molecule has 3 amide bonds. The molecule has 0 saturated carbocycles. The van der Waals surface area contributed by atoms with Crippen molar-refractivity contribution in [1.82, 2.24) is 16.0 Å². The molecule has 350 valence electrons. The summed E-state index contributed by atoms with van der Waals surface area (Å²) in [5.41, 5.74) is 7.72. The van der Waals surface area contributed by atoms with Crippen LogP contribution < -0.4 is 16.0 Å². The number of esters is 1. The molecule has 4 unspecified atom stereocenters. The standard InChI is InChI=1S/C56H56ClN3O7S/c1-4-31-66-51(62)34-50(61)52(37(2)3)60-54(64)49(36-68-56(39-20-8-5-9-21-39,40-22-10-6-11-23-40)41-24-12-7-13-25-41)58-53(63)48(33-38-19-18-26-42(57)32-38)59-55(65)67-35-47-45-29-16-14-27-43(45)44-28-15-17-30-46(44)47/h4-30,32,37,47-50,52,61H,1,31,33-36H2,2-3H3,(H,58,63)(H,59,65)(H,60,64). The molecule has 0 aliphatic heterocycles. The van der Waals surface area contributed by atoms with Gasteiger partial charge in [-0.05, 0) is 62.6 Å². The Hall–Kier alpha value is -6.66. The summed E-state index contributed by atoms with van der Waals surface area (Å²) >= 11 is 7.88. The number of benzene rings is 6. The lowest BCUT2D eigenvalue weighted by molar-refractivity contribution is -0.145. The summed E-state index contributed by atoms with van der Waals surface area (Å²) in [6.45, 7) is 7.20. The number of amides is 3. The highest BCUT2D eigenvalue weighted by molar-refractivity contribution is 8.00. The largest absolute Gasteiger partial charge is 0.461 e. The highest BCUT2D eigenvalue weighted by Crippen LogP contribution is 2.49. The van der Waals surface area contributed by atoms with Crippen LogP contribution in [-0.4, -0.2) is 72.2 Å². The van der Waals surface area contributed by atoms with E-state index >= 15 is 0 Å². The van der Waals surface area contributed by atoms with Crippen LogP contribution in [0.3, 0.4) is 0 Å². The average Bonchev–Trinajstić information content (AvgIpc) is 3.68. The maximum atomic E-state index is 14.9. The van der Waals surface area contributed by atoms with Gasteiger partial charge in [-0.1, -0.05) is 190 Å². The van der Waals surface area contributed by atoms with Crippen LogP contribution in [0.5, 0.6) is 0 Å². The number of fused-ring (bicyclic) bond motifs is 3. The Balaban J connectivity index is 1.21. The number of carbonyl (C=O) groups is 4. The molecule has 0 spiro atoms. The van der Waals surface area contributed by atoms with Gasteiger partial charge in [0.15, 0.2) is 0 Å².